The summed E-state index contributed by atoms with van der Waals surface area (Å²) in [7, 11) is 11.7. The molecular formula is C27H41ClN4O3. The number of anilines is 2. The molecule has 35 heavy (non-hydrogen) atoms. The van der Waals surface area contributed by atoms with E-state index >= 15 is 0 Å². The normalized spacial score (nSPS) is 13.1. The Bertz CT molecular complexity index is 952. The molecule has 2 aromatic rings. The Hall–Kier alpha value is -2.64. The molecule has 0 aromatic heterocycles. The summed E-state index contributed by atoms with van der Waals surface area (Å²) in [5.74, 6) is 1.60. The summed E-state index contributed by atoms with van der Waals surface area (Å²) in [6.45, 7) is 4.43. The van der Waals surface area contributed by atoms with Gasteiger partial charge in [-0.1, -0.05) is 0 Å². The van der Waals surface area contributed by atoms with Crippen LogP contribution in [0.1, 0.15) is 17.5 Å². The van der Waals surface area contributed by atoms with Crippen molar-refractivity contribution in [3.63, 3.8) is 0 Å². The lowest BCUT2D eigenvalue weighted by molar-refractivity contribution is -0.130. The van der Waals surface area contributed by atoms with Crippen LogP contribution < -0.4 is 19.3 Å². The van der Waals surface area contributed by atoms with Gasteiger partial charge in [-0.15, -0.1) is 12.4 Å². The number of fused-ring (bicyclic) bond motifs is 1. The van der Waals surface area contributed by atoms with Gasteiger partial charge in [0.1, 0.15) is 0 Å². The summed E-state index contributed by atoms with van der Waals surface area (Å²) in [6.07, 6.45) is 2.23. The molecule has 0 spiro atoms. The molecule has 0 bridgehead atoms. The number of methoxy groups -OCH3 is 2. The Morgan fingerprint density at radius 2 is 1.46 bits per heavy atom. The monoisotopic (exact) mass is 504 g/mol. The Balaban J connectivity index is 0.00000432. The highest BCUT2D eigenvalue weighted by atomic mass is 35.5. The molecule has 0 fully saturated rings. The van der Waals surface area contributed by atoms with Crippen LogP contribution in [0.25, 0.3) is 0 Å². The van der Waals surface area contributed by atoms with E-state index in [-0.39, 0.29) is 18.3 Å². The number of amides is 1. The SMILES string of the molecule is COc1cc2c(cc1OC)CC(=O)N(CCCN(C)CCN(C)c1ccc(N(C)C)cc1)CC2.Cl. The summed E-state index contributed by atoms with van der Waals surface area (Å²) in [5.41, 5.74) is 4.65. The lowest BCUT2D eigenvalue weighted by Crippen LogP contribution is -2.36. The minimum atomic E-state index is 0. The molecule has 7 nitrogen and oxygen atoms in total. The topological polar surface area (TPSA) is 48.5 Å². The Kier molecular flexibility index (Phi) is 11.0. The number of carbonyl (C=O) groups is 1. The van der Waals surface area contributed by atoms with Crippen molar-refractivity contribution >= 4 is 29.7 Å². The van der Waals surface area contributed by atoms with E-state index < -0.39 is 0 Å². The lowest BCUT2D eigenvalue weighted by atomic mass is 10.0. The molecule has 194 valence electrons. The van der Waals surface area contributed by atoms with E-state index in [4.69, 9.17) is 9.47 Å². The summed E-state index contributed by atoms with van der Waals surface area (Å²) in [4.78, 5) is 21.6. The largest absolute Gasteiger partial charge is 0.493 e. The summed E-state index contributed by atoms with van der Waals surface area (Å²) in [5, 5.41) is 0. The number of benzene rings is 2. The molecule has 0 unspecified atom stereocenters. The maximum absolute atomic E-state index is 12.9. The van der Waals surface area contributed by atoms with E-state index in [0.29, 0.717) is 12.2 Å². The van der Waals surface area contributed by atoms with Gasteiger partial charge in [-0.05, 0) is 74.0 Å². The van der Waals surface area contributed by atoms with Crippen LogP contribution in [-0.2, 0) is 17.6 Å². The van der Waals surface area contributed by atoms with Crippen molar-refractivity contribution in [2.24, 2.45) is 0 Å². The standard InChI is InChI=1S/C27H40N4O3.ClH/c1-28(2)23-8-10-24(11-9-23)30(4)17-16-29(3)13-7-14-31-15-12-21-18-25(33-5)26(34-6)19-22(21)20-27(31)32;/h8-11,18-19H,7,12-17,20H2,1-6H3;1H. The first kappa shape index (κ1) is 28.6. The molecule has 0 saturated heterocycles. The predicted molar refractivity (Wildman–Crippen MR) is 147 cm³/mol. The molecule has 0 aliphatic carbocycles. The van der Waals surface area contributed by atoms with Crippen LogP contribution >= 0.6 is 12.4 Å². The average Bonchev–Trinajstić information content (AvgIpc) is 2.99. The van der Waals surface area contributed by atoms with Crippen LogP contribution in [0.3, 0.4) is 0 Å². The van der Waals surface area contributed by atoms with Gasteiger partial charge in [0, 0.05) is 58.7 Å². The second-order valence-electron chi connectivity index (χ2n) is 9.27. The molecule has 1 amide bonds. The summed E-state index contributed by atoms with van der Waals surface area (Å²) < 4.78 is 10.9. The fourth-order valence-corrected chi connectivity index (χ4v) is 4.35. The van der Waals surface area contributed by atoms with Crippen molar-refractivity contribution in [1.82, 2.24) is 9.80 Å². The van der Waals surface area contributed by atoms with Gasteiger partial charge in [0.05, 0.1) is 20.6 Å². The zero-order chi connectivity index (χ0) is 24.7. The molecule has 0 atom stereocenters. The van der Waals surface area contributed by atoms with Gasteiger partial charge in [-0.25, -0.2) is 0 Å². The van der Waals surface area contributed by atoms with E-state index in [1.165, 1.54) is 16.9 Å². The van der Waals surface area contributed by atoms with Crippen LogP contribution in [0.5, 0.6) is 11.5 Å². The van der Waals surface area contributed by atoms with E-state index in [9.17, 15) is 4.79 Å². The smallest absolute Gasteiger partial charge is 0.227 e. The number of rotatable bonds is 11. The number of likely N-dealkylation sites (N-methyl/N-ethyl adjacent to an activating group) is 2. The van der Waals surface area contributed by atoms with Crippen molar-refractivity contribution in [3.8, 4) is 11.5 Å². The zero-order valence-electron chi connectivity index (χ0n) is 22.0. The van der Waals surface area contributed by atoms with Gasteiger partial charge in [0.15, 0.2) is 11.5 Å². The average molecular weight is 505 g/mol. The van der Waals surface area contributed by atoms with Crippen LogP contribution in [-0.4, -0.2) is 90.8 Å². The van der Waals surface area contributed by atoms with Crippen molar-refractivity contribution in [2.45, 2.75) is 19.3 Å². The fraction of sp³-hybridized carbons (Fsp3) is 0.519. The molecular weight excluding hydrogens is 464 g/mol. The first-order valence-corrected chi connectivity index (χ1v) is 12.0. The quantitative estimate of drug-likeness (QED) is 0.466. The third-order valence-electron chi connectivity index (χ3n) is 6.64. The Labute approximate surface area is 217 Å². The predicted octanol–water partition coefficient (Wildman–Crippen LogP) is 3.58. The maximum Gasteiger partial charge on any atom is 0.227 e. The lowest BCUT2D eigenvalue weighted by Gasteiger charge is -2.25. The highest BCUT2D eigenvalue weighted by Crippen LogP contribution is 2.32. The number of hydrogen-bond donors (Lipinski definition) is 0. The van der Waals surface area contributed by atoms with Gasteiger partial charge in [-0.3, -0.25) is 4.79 Å². The van der Waals surface area contributed by atoms with E-state index in [1.54, 1.807) is 14.2 Å². The Morgan fingerprint density at radius 3 is 2.06 bits per heavy atom. The Morgan fingerprint density at radius 1 is 0.857 bits per heavy atom. The third-order valence-corrected chi connectivity index (χ3v) is 6.64. The number of nitrogens with zero attached hydrogens (tertiary/aromatic N) is 4. The second-order valence-corrected chi connectivity index (χ2v) is 9.27. The zero-order valence-corrected chi connectivity index (χ0v) is 22.9. The minimum Gasteiger partial charge on any atom is -0.493 e. The van der Waals surface area contributed by atoms with E-state index in [1.807, 2.05) is 17.0 Å². The first-order chi connectivity index (χ1) is 16.3. The molecule has 8 heteroatoms. The molecule has 0 N–H and O–H groups in total. The van der Waals surface area contributed by atoms with E-state index in [2.05, 4.69) is 67.2 Å². The molecule has 0 saturated carbocycles. The molecule has 2 aromatic carbocycles. The highest BCUT2D eigenvalue weighted by molar-refractivity contribution is 5.85. The number of hydrogen-bond acceptors (Lipinski definition) is 6. The second kappa shape index (κ2) is 13.4. The van der Waals surface area contributed by atoms with Gasteiger partial charge in [0.2, 0.25) is 5.91 Å². The van der Waals surface area contributed by atoms with Crippen LogP contribution in [0.15, 0.2) is 36.4 Å². The van der Waals surface area contributed by atoms with Crippen LogP contribution in [0, 0.1) is 0 Å². The van der Waals surface area contributed by atoms with Crippen molar-refractivity contribution in [3.05, 3.63) is 47.5 Å². The summed E-state index contributed by atoms with van der Waals surface area (Å²) >= 11 is 0. The fourth-order valence-electron chi connectivity index (χ4n) is 4.35. The molecule has 0 radical (unpaired) electrons. The van der Waals surface area contributed by atoms with Gasteiger partial charge < -0.3 is 29.1 Å². The van der Waals surface area contributed by atoms with Gasteiger partial charge in [-0.2, -0.15) is 0 Å². The first-order valence-electron chi connectivity index (χ1n) is 12.0. The highest BCUT2D eigenvalue weighted by Gasteiger charge is 2.22. The van der Waals surface area contributed by atoms with Crippen LogP contribution in [0.4, 0.5) is 11.4 Å². The number of halogens is 1. The maximum atomic E-state index is 12.9. The van der Waals surface area contributed by atoms with Crippen LogP contribution in [0.2, 0.25) is 0 Å². The van der Waals surface area contributed by atoms with E-state index in [0.717, 1.165) is 56.9 Å². The minimum absolute atomic E-state index is 0. The van der Waals surface area contributed by atoms with Gasteiger partial charge in [0.25, 0.3) is 0 Å². The van der Waals surface area contributed by atoms with Crippen molar-refractivity contribution in [1.29, 1.82) is 0 Å². The number of carbonyl (C=O) groups excluding carboxylic acids is 1. The van der Waals surface area contributed by atoms with Gasteiger partial charge >= 0.3 is 0 Å². The molecule has 1 heterocycles. The van der Waals surface area contributed by atoms with Crippen molar-refractivity contribution in [2.75, 3.05) is 84.9 Å². The van der Waals surface area contributed by atoms with Crippen molar-refractivity contribution < 1.29 is 14.3 Å². The molecule has 1 aliphatic heterocycles. The number of ether oxygens (including phenoxy) is 2. The summed E-state index contributed by atoms with van der Waals surface area (Å²) in [6, 6.07) is 12.6. The third kappa shape index (κ3) is 7.67. The molecule has 1 aliphatic rings. The molecule has 3 rings (SSSR count).